The number of carbonyl (C=O) groups excluding carboxylic acids is 2. The number of pyridine rings is 2. The fraction of sp³-hybridized carbons (Fsp3) is 0.306. The molecule has 9 rings (SSSR count). The number of halogens is 8. The molecule has 2 amide bonds. The highest BCUT2D eigenvalue weighted by Crippen LogP contribution is 2.37. The van der Waals surface area contributed by atoms with E-state index in [0.29, 0.717) is 44.0 Å². The van der Waals surface area contributed by atoms with Crippen LogP contribution in [-0.4, -0.2) is 75.2 Å². The topological polar surface area (TPSA) is 135 Å². The number of imidazole rings is 2. The number of aryl methyl sites for hydroxylation is 2. The SMILES string of the molecule is COc1c(F)cccc1Oc1cc(NCCC(F)(F)F)c2ncc(-c3ccc(C(=O)NC4CC4)c(C)c3)n2c1.Cc1cc(-c2cnc3c(NCCC(F)(F)F)cc(Br)cn23)ccc1C(=O)NC1CC1. The van der Waals surface area contributed by atoms with Crippen LogP contribution in [0, 0.1) is 19.7 Å². The number of fused-ring (bicyclic) bond motifs is 2. The summed E-state index contributed by atoms with van der Waals surface area (Å²) in [7, 11) is 1.31. The van der Waals surface area contributed by atoms with Crippen LogP contribution in [0.2, 0.25) is 0 Å². The maximum Gasteiger partial charge on any atom is 0.390 e. The molecule has 3 aromatic carbocycles. The van der Waals surface area contributed by atoms with Gasteiger partial charge in [0.05, 0.1) is 61.3 Å². The number of nitrogens with zero attached hydrogens (tertiary/aromatic N) is 4. The summed E-state index contributed by atoms with van der Waals surface area (Å²) in [5.74, 6) is -0.608. The standard InChI is InChI=1S/C28H26F4N4O3.C21H20BrF3N4O/c1-16-12-17(6-9-20(16)27(37)35-18-7-8-18)23-14-34-26-22(33-11-10-28(30,31)32)13-19(15-36(23)26)39-24-5-3-4-21(29)25(24)38-2;1-12-8-13(2-5-16(12)20(30)28-15-3-4-15)18-10-27-19-17(9-14(22)11-29(18)19)26-7-6-21(23,24)25/h3-6,9,12-15,18,33H,7-8,10-11H2,1-2H3,(H,35,37);2,5,8-11,15,26H,3-4,6-7H2,1H3,(H,28,30). The second-order valence-electron chi connectivity index (χ2n) is 16.8. The lowest BCUT2D eigenvalue weighted by Gasteiger charge is -2.15. The minimum Gasteiger partial charge on any atom is -0.490 e. The highest BCUT2D eigenvalue weighted by Gasteiger charge is 2.29. The van der Waals surface area contributed by atoms with E-state index in [9.17, 15) is 40.3 Å². The molecule has 20 heteroatoms. The number of hydrogen-bond donors (Lipinski definition) is 4. The van der Waals surface area contributed by atoms with Crippen molar-refractivity contribution in [3.05, 3.63) is 124 Å². The zero-order valence-electron chi connectivity index (χ0n) is 37.4. The number of hydrogen-bond acceptors (Lipinski definition) is 8. The molecule has 2 aliphatic rings. The number of anilines is 2. The fourth-order valence-electron chi connectivity index (χ4n) is 7.57. The lowest BCUT2D eigenvalue weighted by atomic mass is 10.0. The highest BCUT2D eigenvalue weighted by molar-refractivity contribution is 9.10. The van der Waals surface area contributed by atoms with Gasteiger partial charge in [0.2, 0.25) is 0 Å². The molecule has 0 spiro atoms. The third kappa shape index (κ3) is 12.1. The average molecular weight is 1020 g/mol. The Morgan fingerprint density at radius 1 is 0.710 bits per heavy atom. The number of nitrogens with one attached hydrogen (secondary N) is 4. The molecule has 2 fully saturated rings. The van der Waals surface area contributed by atoms with Crippen molar-refractivity contribution >= 4 is 50.4 Å². The van der Waals surface area contributed by atoms with Gasteiger partial charge in [-0.1, -0.05) is 18.2 Å². The Bertz CT molecular complexity index is 3040. The van der Waals surface area contributed by atoms with Gasteiger partial charge in [0.1, 0.15) is 5.75 Å². The van der Waals surface area contributed by atoms with Gasteiger partial charge in [-0.05, 0) is 109 Å². The van der Waals surface area contributed by atoms with Gasteiger partial charge >= 0.3 is 12.4 Å². The Labute approximate surface area is 399 Å². The van der Waals surface area contributed by atoms with Gasteiger partial charge in [-0.3, -0.25) is 18.4 Å². The molecule has 69 heavy (non-hydrogen) atoms. The molecule has 2 aliphatic carbocycles. The minimum atomic E-state index is -4.34. The first-order valence-corrected chi connectivity index (χ1v) is 22.8. The maximum absolute atomic E-state index is 14.2. The van der Waals surface area contributed by atoms with Gasteiger partial charge < -0.3 is 30.7 Å². The van der Waals surface area contributed by atoms with Crippen LogP contribution in [0.3, 0.4) is 0 Å². The Balaban J connectivity index is 0.000000192. The first-order chi connectivity index (χ1) is 32.8. The van der Waals surface area contributed by atoms with Crippen LogP contribution >= 0.6 is 15.9 Å². The summed E-state index contributed by atoms with van der Waals surface area (Å²) in [6, 6.07) is 18.9. The fourth-order valence-corrected chi connectivity index (χ4v) is 8.00. The summed E-state index contributed by atoms with van der Waals surface area (Å²) in [4.78, 5) is 33.8. The molecule has 0 bridgehead atoms. The van der Waals surface area contributed by atoms with Crippen molar-refractivity contribution in [1.29, 1.82) is 0 Å². The molecule has 0 saturated heterocycles. The van der Waals surface area contributed by atoms with Crippen molar-refractivity contribution in [3.8, 4) is 39.8 Å². The van der Waals surface area contributed by atoms with Gasteiger partial charge in [0.15, 0.2) is 28.6 Å². The zero-order chi connectivity index (χ0) is 49.2. The molecular formula is C49H46BrF7N8O4. The maximum atomic E-state index is 14.2. The van der Waals surface area contributed by atoms with Crippen LogP contribution in [-0.2, 0) is 0 Å². The number of benzene rings is 3. The molecule has 0 aliphatic heterocycles. The molecule has 4 aromatic heterocycles. The molecular weight excluding hydrogens is 977 g/mol. The van der Waals surface area contributed by atoms with E-state index in [1.807, 2.05) is 42.6 Å². The van der Waals surface area contributed by atoms with Gasteiger partial charge in [-0.2, -0.15) is 26.3 Å². The normalized spacial score (nSPS) is 13.7. The van der Waals surface area contributed by atoms with E-state index in [2.05, 4.69) is 47.2 Å². The van der Waals surface area contributed by atoms with Crippen LogP contribution in [0.4, 0.5) is 42.1 Å². The Morgan fingerprint density at radius 3 is 1.67 bits per heavy atom. The monoisotopic (exact) mass is 1020 g/mol. The first-order valence-electron chi connectivity index (χ1n) is 22.0. The van der Waals surface area contributed by atoms with Crippen LogP contribution in [0.5, 0.6) is 17.2 Å². The molecule has 4 N–H and O–H groups in total. The molecule has 7 aromatic rings. The third-order valence-electron chi connectivity index (χ3n) is 11.3. The second kappa shape index (κ2) is 20.0. The average Bonchev–Trinajstić information content (AvgIpc) is 4.19. The van der Waals surface area contributed by atoms with E-state index in [4.69, 9.17) is 9.47 Å². The second-order valence-corrected chi connectivity index (χ2v) is 17.8. The van der Waals surface area contributed by atoms with E-state index in [1.54, 1.807) is 47.3 Å². The number of alkyl halides is 6. The number of carbonyl (C=O) groups is 2. The van der Waals surface area contributed by atoms with E-state index in [0.717, 1.165) is 53.6 Å². The van der Waals surface area contributed by atoms with Crippen molar-refractivity contribution < 1.29 is 49.8 Å². The Morgan fingerprint density at radius 2 is 1.20 bits per heavy atom. The van der Waals surface area contributed by atoms with Crippen molar-refractivity contribution in [2.75, 3.05) is 30.8 Å². The van der Waals surface area contributed by atoms with Gasteiger partial charge in [0.25, 0.3) is 11.8 Å². The molecule has 4 heterocycles. The predicted octanol–water partition coefficient (Wildman–Crippen LogP) is 11.8. The van der Waals surface area contributed by atoms with E-state index >= 15 is 0 Å². The minimum absolute atomic E-state index is 0.0708. The number of para-hydroxylation sites is 1. The number of rotatable bonds is 15. The van der Waals surface area contributed by atoms with E-state index in [-0.39, 0.29) is 54.2 Å². The van der Waals surface area contributed by atoms with Crippen LogP contribution in [0.1, 0.15) is 70.4 Å². The van der Waals surface area contributed by atoms with Crippen LogP contribution in [0.15, 0.2) is 96.0 Å². The largest absolute Gasteiger partial charge is 0.490 e. The predicted molar refractivity (Wildman–Crippen MR) is 251 cm³/mol. The summed E-state index contributed by atoms with van der Waals surface area (Å²) in [5.41, 5.74) is 7.54. The molecule has 362 valence electrons. The van der Waals surface area contributed by atoms with Crippen LogP contribution < -0.4 is 30.7 Å². The van der Waals surface area contributed by atoms with Crippen LogP contribution in [0.25, 0.3) is 33.8 Å². The summed E-state index contributed by atoms with van der Waals surface area (Å²) in [5, 5.41) is 11.6. The number of amides is 2. The highest BCUT2D eigenvalue weighted by atomic mass is 79.9. The third-order valence-corrected chi connectivity index (χ3v) is 11.8. The number of aromatic nitrogens is 4. The Kier molecular flexibility index (Phi) is 14.1. The smallest absolute Gasteiger partial charge is 0.390 e. The van der Waals surface area contributed by atoms with Gasteiger partial charge in [-0.15, -0.1) is 0 Å². The molecule has 12 nitrogen and oxygen atoms in total. The van der Waals surface area contributed by atoms with Crippen molar-refractivity contribution in [2.24, 2.45) is 0 Å². The molecule has 0 radical (unpaired) electrons. The summed E-state index contributed by atoms with van der Waals surface area (Å²) in [6.45, 7) is 3.11. The van der Waals surface area contributed by atoms with Gasteiger partial charge in [0, 0.05) is 64.2 Å². The zero-order valence-corrected chi connectivity index (χ0v) is 39.0. The molecule has 0 atom stereocenters. The summed E-state index contributed by atoms with van der Waals surface area (Å²) in [6.07, 6.45) is 0.186. The first kappa shape index (κ1) is 48.6. The van der Waals surface area contributed by atoms with Crippen molar-refractivity contribution in [1.82, 2.24) is 29.4 Å². The summed E-state index contributed by atoms with van der Waals surface area (Å²) < 4.78 is 105. The Hall–Kier alpha value is -6.83. The van der Waals surface area contributed by atoms with Gasteiger partial charge in [-0.25, -0.2) is 14.4 Å². The van der Waals surface area contributed by atoms with E-state index in [1.165, 1.54) is 31.4 Å². The summed E-state index contributed by atoms with van der Waals surface area (Å²) >= 11 is 3.42. The van der Waals surface area contributed by atoms with Crippen molar-refractivity contribution in [2.45, 2.75) is 76.8 Å². The number of methoxy groups -OCH3 is 1. The van der Waals surface area contributed by atoms with Crippen molar-refractivity contribution in [3.63, 3.8) is 0 Å². The lowest BCUT2D eigenvalue weighted by molar-refractivity contribution is -0.132. The molecule has 2 saturated carbocycles. The van der Waals surface area contributed by atoms with E-state index < -0.39 is 31.0 Å². The molecule has 0 unspecified atom stereocenters. The number of ether oxygens (including phenoxy) is 2. The quantitative estimate of drug-likeness (QED) is 0.0746. The lowest BCUT2D eigenvalue weighted by Crippen LogP contribution is -2.26.